The Bertz CT molecular complexity index is 931. The number of pyridine rings is 1. The number of carboxylic acids is 1. The van der Waals surface area contributed by atoms with Crippen molar-refractivity contribution in [3.8, 4) is 17.0 Å². The molecule has 2 aromatic carbocycles. The lowest BCUT2D eigenvalue weighted by atomic mass is 9.98. The van der Waals surface area contributed by atoms with Crippen LogP contribution in [0.15, 0.2) is 36.4 Å². The van der Waals surface area contributed by atoms with E-state index in [2.05, 4.69) is 4.98 Å². The zero-order valence-electron chi connectivity index (χ0n) is 12.8. The number of anilines is 1. The fourth-order valence-corrected chi connectivity index (χ4v) is 2.62. The number of nitrogens with zero attached hydrogens (tertiary/aromatic N) is 1. The molecule has 3 rings (SSSR count). The van der Waals surface area contributed by atoms with Crippen molar-refractivity contribution in [1.82, 2.24) is 4.98 Å². The highest BCUT2D eigenvalue weighted by Gasteiger charge is 2.21. The van der Waals surface area contributed by atoms with Crippen LogP contribution in [-0.4, -0.2) is 21.2 Å². The first kappa shape index (κ1) is 14.8. The van der Waals surface area contributed by atoms with Gasteiger partial charge in [-0.25, -0.2) is 9.78 Å². The minimum Gasteiger partial charge on any atom is -0.505 e. The molecule has 5 heteroatoms. The first-order chi connectivity index (χ1) is 10.9. The van der Waals surface area contributed by atoms with Crippen molar-refractivity contribution in [2.45, 2.75) is 13.8 Å². The van der Waals surface area contributed by atoms with Crippen molar-refractivity contribution in [1.29, 1.82) is 0 Å². The third-order valence-electron chi connectivity index (χ3n) is 4.05. The third kappa shape index (κ3) is 2.36. The van der Waals surface area contributed by atoms with Gasteiger partial charge >= 0.3 is 5.97 Å². The Kier molecular flexibility index (Phi) is 3.41. The van der Waals surface area contributed by atoms with Crippen LogP contribution < -0.4 is 5.73 Å². The Morgan fingerprint density at radius 1 is 1.09 bits per heavy atom. The molecule has 0 fully saturated rings. The molecule has 0 aliphatic rings. The zero-order chi connectivity index (χ0) is 16.7. The molecule has 4 N–H and O–H groups in total. The normalized spacial score (nSPS) is 10.9. The van der Waals surface area contributed by atoms with Crippen LogP contribution in [0.25, 0.3) is 22.2 Å². The van der Waals surface area contributed by atoms with Gasteiger partial charge in [-0.05, 0) is 37.1 Å². The molecular formula is C18H16N2O3. The maximum atomic E-state index is 11.7. The molecule has 116 valence electrons. The van der Waals surface area contributed by atoms with Crippen LogP contribution in [0.2, 0.25) is 0 Å². The summed E-state index contributed by atoms with van der Waals surface area (Å²) in [4.78, 5) is 16.2. The summed E-state index contributed by atoms with van der Waals surface area (Å²) in [5.41, 5.74) is 9.46. The third-order valence-corrected chi connectivity index (χ3v) is 4.05. The first-order valence-corrected chi connectivity index (χ1v) is 7.12. The second-order valence-corrected chi connectivity index (χ2v) is 5.51. The second kappa shape index (κ2) is 5.28. The van der Waals surface area contributed by atoms with E-state index in [1.54, 1.807) is 30.3 Å². The highest BCUT2D eigenvalue weighted by atomic mass is 16.4. The highest BCUT2D eigenvalue weighted by Crippen LogP contribution is 2.37. The Labute approximate surface area is 133 Å². The number of nitrogen functional groups attached to an aromatic ring is 1. The van der Waals surface area contributed by atoms with Crippen molar-refractivity contribution in [3.63, 3.8) is 0 Å². The number of nitrogens with two attached hydrogens (primary N) is 1. The Morgan fingerprint density at radius 3 is 2.35 bits per heavy atom. The number of aryl methyl sites for hydroxylation is 2. The lowest BCUT2D eigenvalue weighted by Gasteiger charge is -2.13. The van der Waals surface area contributed by atoms with Gasteiger partial charge in [0.1, 0.15) is 11.3 Å². The largest absolute Gasteiger partial charge is 0.505 e. The molecule has 0 aliphatic carbocycles. The molecule has 0 unspecified atom stereocenters. The molecule has 3 aromatic rings. The van der Waals surface area contributed by atoms with E-state index in [0.29, 0.717) is 22.2 Å². The number of rotatable bonds is 2. The average molecular weight is 308 g/mol. The minimum atomic E-state index is -1.19. The van der Waals surface area contributed by atoms with Crippen molar-refractivity contribution in [3.05, 3.63) is 53.1 Å². The Balaban J connectivity index is 2.43. The molecule has 5 nitrogen and oxygen atoms in total. The van der Waals surface area contributed by atoms with E-state index >= 15 is 0 Å². The number of hydrogen-bond donors (Lipinski definition) is 3. The van der Waals surface area contributed by atoms with Gasteiger partial charge in [0, 0.05) is 16.6 Å². The van der Waals surface area contributed by atoms with Gasteiger partial charge in [0.05, 0.1) is 5.52 Å². The lowest BCUT2D eigenvalue weighted by Crippen LogP contribution is -2.03. The van der Waals surface area contributed by atoms with Crippen LogP contribution in [0.1, 0.15) is 21.5 Å². The smallest absolute Gasteiger partial charge is 0.340 e. The summed E-state index contributed by atoms with van der Waals surface area (Å²) < 4.78 is 0. The SMILES string of the molecule is Cc1ccc2c(C(=O)O)c(O)c(-c3ccc(N)cc3)nc2c1C. The number of fused-ring (bicyclic) bond motifs is 1. The molecule has 0 amide bonds. The fraction of sp³-hybridized carbons (Fsp3) is 0.111. The summed E-state index contributed by atoms with van der Waals surface area (Å²) in [6.45, 7) is 3.83. The molecule has 0 spiro atoms. The molecule has 0 bridgehead atoms. The topological polar surface area (TPSA) is 96.4 Å². The van der Waals surface area contributed by atoms with E-state index in [1.807, 2.05) is 19.9 Å². The van der Waals surface area contributed by atoms with Gasteiger partial charge in [0.25, 0.3) is 0 Å². The van der Waals surface area contributed by atoms with Crippen LogP contribution >= 0.6 is 0 Å². The number of aromatic carboxylic acids is 1. The van der Waals surface area contributed by atoms with E-state index in [9.17, 15) is 15.0 Å². The molecular weight excluding hydrogens is 292 g/mol. The lowest BCUT2D eigenvalue weighted by molar-refractivity contribution is 0.0696. The predicted molar refractivity (Wildman–Crippen MR) is 89.7 cm³/mol. The van der Waals surface area contributed by atoms with Crippen molar-refractivity contribution >= 4 is 22.6 Å². The second-order valence-electron chi connectivity index (χ2n) is 5.51. The fourth-order valence-electron chi connectivity index (χ4n) is 2.62. The molecule has 23 heavy (non-hydrogen) atoms. The monoisotopic (exact) mass is 308 g/mol. The van der Waals surface area contributed by atoms with Gasteiger partial charge in [-0.3, -0.25) is 0 Å². The van der Waals surface area contributed by atoms with E-state index in [4.69, 9.17) is 5.73 Å². The first-order valence-electron chi connectivity index (χ1n) is 7.12. The molecule has 0 saturated carbocycles. The summed E-state index contributed by atoms with van der Waals surface area (Å²) in [5.74, 6) is -1.52. The van der Waals surface area contributed by atoms with Gasteiger partial charge < -0.3 is 15.9 Å². The summed E-state index contributed by atoms with van der Waals surface area (Å²) in [6, 6.07) is 10.3. The number of hydrogen-bond acceptors (Lipinski definition) is 4. The summed E-state index contributed by atoms with van der Waals surface area (Å²) in [7, 11) is 0. The molecule has 1 heterocycles. The number of carbonyl (C=O) groups is 1. The Hall–Kier alpha value is -3.08. The van der Waals surface area contributed by atoms with Crippen LogP contribution in [0.5, 0.6) is 5.75 Å². The van der Waals surface area contributed by atoms with Gasteiger partial charge in [-0.2, -0.15) is 0 Å². The molecule has 0 atom stereocenters. The number of benzene rings is 2. The van der Waals surface area contributed by atoms with Crippen molar-refractivity contribution < 1.29 is 15.0 Å². The molecule has 0 aliphatic heterocycles. The van der Waals surface area contributed by atoms with Crippen LogP contribution in [0.3, 0.4) is 0 Å². The van der Waals surface area contributed by atoms with Crippen molar-refractivity contribution in [2.24, 2.45) is 0 Å². The predicted octanol–water partition coefficient (Wildman–Crippen LogP) is 3.50. The molecule has 0 radical (unpaired) electrons. The summed E-state index contributed by atoms with van der Waals surface area (Å²) in [5, 5.41) is 20.4. The number of aromatic nitrogens is 1. The highest BCUT2D eigenvalue weighted by molar-refractivity contribution is 6.08. The summed E-state index contributed by atoms with van der Waals surface area (Å²) >= 11 is 0. The van der Waals surface area contributed by atoms with Crippen LogP contribution in [-0.2, 0) is 0 Å². The maximum Gasteiger partial charge on any atom is 0.340 e. The molecule has 0 saturated heterocycles. The van der Waals surface area contributed by atoms with Crippen LogP contribution in [0, 0.1) is 13.8 Å². The van der Waals surface area contributed by atoms with Gasteiger partial charge in [-0.1, -0.05) is 24.3 Å². The van der Waals surface area contributed by atoms with Crippen molar-refractivity contribution in [2.75, 3.05) is 5.73 Å². The Morgan fingerprint density at radius 2 is 1.74 bits per heavy atom. The van der Waals surface area contributed by atoms with Crippen LogP contribution in [0.4, 0.5) is 5.69 Å². The van der Waals surface area contributed by atoms with Gasteiger partial charge in [-0.15, -0.1) is 0 Å². The minimum absolute atomic E-state index is 0.134. The zero-order valence-corrected chi connectivity index (χ0v) is 12.8. The average Bonchev–Trinajstić information content (AvgIpc) is 2.51. The standard InChI is InChI=1S/C18H16N2O3/c1-9-3-8-13-14(18(22)23)17(21)16(20-15(13)10(9)2)11-4-6-12(19)7-5-11/h3-8,21H,19H2,1-2H3,(H,22,23). The molecule has 1 aromatic heterocycles. The van der Waals surface area contributed by atoms with E-state index in [0.717, 1.165) is 11.1 Å². The van der Waals surface area contributed by atoms with Gasteiger partial charge in [0.15, 0.2) is 5.75 Å². The number of carboxylic acid groups (broad SMARTS) is 1. The summed E-state index contributed by atoms with van der Waals surface area (Å²) in [6.07, 6.45) is 0. The van der Waals surface area contributed by atoms with Gasteiger partial charge in [0.2, 0.25) is 0 Å². The van der Waals surface area contributed by atoms with E-state index < -0.39 is 5.97 Å². The van der Waals surface area contributed by atoms with E-state index in [-0.39, 0.29) is 17.0 Å². The number of aromatic hydroxyl groups is 1. The maximum absolute atomic E-state index is 11.7. The quantitative estimate of drug-likeness (QED) is 0.630. The van der Waals surface area contributed by atoms with E-state index in [1.165, 1.54) is 0 Å².